The highest BCUT2D eigenvalue weighted by Crippen LogP contribution is 2.39. The van der Waals surface area contributed by atoms with E-state index in [1.807, 2.05) is 48.5 Å². The average molecular weight is 547 g/mol. The van der Waals surface area contributed by atoms with Crippen LogP contribution in [0.3, 0.4) is 0 Å². The van der Waals surface area contributed by atoms with Gasteiger partial charge in [0.25, 0.3) is 0 Å². The third-order valence-electron chi connectivity index (χ3n) is 6.30. The summed E-state index contributed by atoms with van der Waals surface area (Å²) in [7, 11) is 0. The smallest absolute Gasteiger partial charge is 0.243 e. The van der Waals surface area contributed by atoms with Gasteiger partial charge in [0.15, 0.2) is 6.29 Å². The molecule has 208 valence electrons. The van der Waals surface area contributed by atoms with Crippen LogP contribution in [0.15, 0.2) is 48.5 Å². The number of benzene rings is 2. The third kappa shape index (κ3) is 10.0. The number of nitrogens with one attached hydrogen (secondary N) is 2. The molecule has 2 aromatic carbocycles. The first-order valence-corrected chi connectivity index (χ1v) is 14.2. The number of rotatable bonds is 15. The lowest BCUT2D eigenvalue weighted by molar-refractivity contribution is -0.245. The number of hydrogen-bond donors (Lipinski definition) is 5. The molecule has 10 heteroatoms. The predicted molar refractivity (Wildman–Crippen MR) is 146 cm³/mol. The number of carbonyl (C=O) groups excluding carboxylic acids is 2. The van der Waals surface area contributed by atoms with Crippen molar-refractivity contribution < 1.29 is 34.5 Å². The summed E-state index contributed by atoms with van der Waals surface area (Å²) < 4.78 is 12.6. The quantitative estimate of drug-likeness (QED) is 0.127. The van der Waals surface area contributed by atoms with Crippen molar-refractivity contribution in [2.75, 3.05) is 23.4 Å². The summed E-state index contributed by atoms with van der Waals surface area (Å²) in [5.41, 5.74) is 5.03. The number of hydrogen-bond acceptors (Lipinski definition) is 8. The summed E-state index contributed by atoms with van der Waals surface area (Å²) in [6, 6.07) is 15.2. The number of carbonyl (C=O) groups is 2. The second-order valence-electron chi connectivity index (χ2n) is 9.27. The van der Waals surface area contributed by atoms with Gasteiger partial charge >= 0.3 is 0 Å². The lowest BCUT2D eigenvalue weighted by atomic mass is 10.0. The molecule has 0 radical (unpaired) electrons. The minimum atomic E-state index is -0.566. The SMILES string of the molecule is O=C(CCCCCCC(=O)Nc1ccc([C@H]2O[C@@H](CSCCO)C[C@@H](c3ccc(CO)cc3)O2)cc1)NO. The standard InChI is InChI=1S/C28H38N2O7S/c31-15-16-38-19-24-17-25(21-9-7-20(18-32)8-10-21)37-28(36-24)22-11-13-23(14-12-22)29-26(33)5-3-1-2-4-6-27(34)30-35/h7-14,24-25,28,31-32,35H,1-6,15-19H2,(H,29,33)(H,30,34)/t24-,25+,28+/m1/s1. The molecule has 0 spiro atoms. The normalized spacial score (nSPS) is 19.2. The molecule has 0 unspecified atom stereocenters. The summed E-state index contributed by atoms with van der Waals surface area (Å²) in [5.74, 6) is 0.937. The second kappa shape index (κ2) is 16.5. The maximum absolute atomic E-state index is 12.3. The van der Waals surface area contributed by atoms with E-state index in [1.165, 1.54) is 0 Å². The summed E-state index contributed by atoms with van der Waals surface area (Å²) in [4.78, 5) is 23.3. The van der Waals surface area contributed by atoms with Crippen molar-refractivity contribution in [1.82, 2.24) is 5.48 Å². The number of aliphatic hydroxyl groups excluding tert-OH is 2. The molecule has 0 saturated carbocycles. The molecule has 0 bridgehead atoms. The van der Waals surface area contributed by atoms with Gasteiger partial charge in [-0.3, -0.25) is 14.8 Å². The Balaban J connectivity index is 1.53. The molecule has 2 amide bonds. The Morgan fingerprint density at radius 1 is 0.868 bits per heavy atom. The van der Waals surface area contributed by atoms with Gasteiger partial charge in [0.05, 0.1) is 25.4 Å². The number of thioether (sulfide) groups is 1. The van der Waals surface area contributed by atoms with Gasteiger partial charge in [0.1, 0.15) is 0 Å². The summed E-state index contributed by atoms with van der Waals surface area (Å²) in [6.45, 7) is 0.117. The first-order valence-electron chi connectivity index (χ1n) is 13.0. The van der Waals surface area contributed by atoms with Gasteiger partial charge in [-0.15, -0.1) is 0 Å². The van der Waals surface area contributed by atoms with Crippen LogP contribution >= 0.6 is 11.8 Å². The maximum atomic E-state index is 12.3. The van der Waals surface area contributed by atoms with Crippen LogP contribution in [-0.4, -0.2) is 51.5 Å². The Labute approximate surface area is 227 Å². The summed E-state index contributed by atoms with van der Waals surface area (Å²) >= 11 is 1.64. The van der Waals surface area contributed by atoms with E-state index in [4.69, 9.17) is 19.8 Å². The fourth-order valence-corrected chi connectivity index (χ4v) is 5.00. The monoisotopic (exact) mass is 546 g/mol. The van der Waals surface area contributed by atoms with Gasteiger partial charge < -0.3 is 25.0 Å². The van der Waals surface area contributed by atoms with Crippen LogP contribution in [0, 0.1) is 0 Å². The van der Waals surface area contributed by atoms with Crippen LogP contribution in [0.4, 0.5) is 5.69 Å². The minimum absolute atomic E-state index is 0.00758. The highest BCUT2D eigenvalue weighted by Gasteiger charge is 2.32. The lowest BCUT2D eigenvalue weighted by Crippen LogP contribution is -2.31. The van der Waals surface area contributed by atoms with Crippen molar-refractivity contribution in [3.8, 4) is 0 Å². The molecule has 1 heterocycles. The number of amides is 2. The van der Waals surface area contributed by atoms with Crippen LogP contribution in [0.25, 0.3) is 0 Å². The number of ether oxygens (including phenoxy) is 2. The number of unbranched alkanes of at least 4 members (excludes halogenated alkanes) is 3. The van der Waals surface area contributed by atoms with E-state index in [2.05, 4.69) is 5.32 Å². The van der Waals surface area contributed by atoms with Crippen LogP contribution in [0.2, 0.25) is 0 Å². The van der Waals surface area contributed by atoms with E-state index >= 15 is 0 Å². The number of hydroxylamine groups is 1. The molecule has 9 nitrogen and oxygen atoms in total. The summed E-state index contributed by atoms with van der Waals surface area (Å²) in [5, 5.41) is 29.9. The van der Waals surface area contributed by atoms with Crippen molar-refractivity contribution in [2.24, 2.45) is 0 Å². The maximum Gasteiger partial charge on any atom is 0.243 e. The molecule has 2 aromatic rings. The molecular formula is C28H38N2O7S. The minimum Gasteiger partial charge on any atom is -0.396 e. The van der Waals surface area contributed by atoms with E-state index in [0.29, 0.717) is 30.7 Å². The molecular weight excluding hydrogens is 508 g/mol. The van der Waals surface area contributed by atoms with E-state index in [-0.39, 0.29) is 37.7 Å². The van der Waals surface area contributed by atoms with Gasteiger partial charge in [-0.2, -0.15) is 11.8 Å². The molecule has 1 fully saturated rings. The molecule has 5 N–H and O–H groups in total. The Morgan fingerprint density at radius 2 is 1.53 bits per heavy atom. The highest BCUT2D eigenvalue weighted by atomic mass is 32.2. The Bertz CT molecular complexity index is 988. The van der Waals surface area contributed by atoms with Crippen LogP contribution in [-0.2, 0) is 25.7 Å². The van der Waals surface area contributed by atoms with Crippen molar-refractivity contribution in [2.45, 2.75) is 70.1 Å². The lowest BCUT2D eigenvalue weighted by Gasteiger charge is -2.36. The molecule has 3 rings (SSSR count). The third-order valence-corrected chi connectivity index (χ3v) is 7.38. The van der Waals surface area contributed by atoms with Crippen LogP contribution < -0.4 is 10.8 Å². The first-order chi connectivity index (χ1) is 18.5. The van der Waals surface area contributed by atoms with Gasteiger partial charge in [0, 0.05) is 42.0 Å². The Kier molecular flexibility index (Phi) is 13.0. The van der Waals surface area contributed by atoms with E-state index in [0.717, 1.165) is 41.7 Å². The van der Waals surface area contributed by atoms with E-state index < -0.39 is 12.2 Å². The van der Waals surface area contributed by atoms with E-state index in [1.54, 1.807) is 17.2 Å². The average Bonchev–Trinajstić information content (AvgIpc) is 2.95. The van der Waals surface area contributed by atoms with Crippen LogP contribution in [0.5, 0.6) is 0 Å². The zero-order valence-corrected chi connectivity index (χ0v) is 22.3. The zero-order chi connectivity index (χ0) is 27.2. The van der Waals surface area contributed by atoms with Crippen LogP contribution in [0.1, 0.15) is 74.0 Å². The topological polar surface area (TPSA) is 137 Å². The second-order valence-corrected chi connectivity index (χ2v) is 10.4. The molecule has 1 saturated heterocycles. The van der Waals surface area contributed by atoms with Gasteiger partial charge in [0.2, 0.25) is 11.8 Å². The Morgan fingerprint density at radius 3 is 2.16 bits per heavy atom. The number of aliphatic hydroxyl groups is 2. The molecule has 0 aliphatic carbocycles. The fraction of sp³-hybridized carbons (Fsp3) is 0.500. The molecule has 0 aromatic heterocycles. The van der Waals surface area contributed by atoms with Gasteiger partial charge in [-0.1, -0.05) is 49.2 Å². The molecule has 38 heavy (non-hydrogen) atoms. The molecule has 1 aliphatic heterocycles. The van der Waals surface area contributed by atoms with Gasteiger partial charge in [-0.05, 0) is 36.1 Å². The first kappa shape index (κ1) is 30.1. The zero-order valence-electron chi connectivity index (χ0n) is 21.5. The highest BCUT2D eigenvalue weighted by molar-refractivity contribution is 7.99. The fourth-order valence-electron chi connectivity index (χ4n) is 4.23. The largest absolute Gasteiger partial charge is 0.396 e. The van der Waals surface area contributed by atoms with Crippen molar-refractivity contribution in [3.05, 3.63) is 65.2 Å². The number of anilines is 1. The van der Waals surface area contributed by atoms with E-state index in [9.17, 15) is 14.7 Å². The predicted octanol–water partition coefficient (Wildman–Crippen LogP) is 4.23. The Hall–Kier alpha value is -2.47. The molecule has 3 atom stereocenters. The van der Waals surface area contributed by atoms with Crippen molar-refractivity contribution in [1.29, 1.82) is 0 Å². The van der Waals surface area contributed by atoms with Crippen molar-refractivity contribution in [3.63, 3.8) is 0 Å². The van der Waals surface area contributed by atoms with Gasteiger partial charge in [-0.25, -0.2) is 5.48 Å². The molecule has 1 aliphatic rings. The van der Waals surface area contributed by atoms with Crippen molar-refractivity contribution >= 4 is 29.3 Å². The summed E-state index contributed by atoms with van der Waals surface area (Å²) in [6.07, 6.45) is 3.64.